The van der Waals surface area contributed by atoms with Crippen molar-refractivity contribution in [2.24, 2.45) is 5.73 Å². The number of benzene rings is 1. The average molecular weight is 349 g/mol. The molecule has 1 aromatic carbocycles. The zero-order chi connectivity index (χ0) is 17.4. The van der Waals surface area contributed by atoms with Crippen LogP contribution in [0.2, 0.25) is 0 Å². The van der Waals surface area contributed by atoms with Crippen LogP contribution < -0.4 is 20.5 Å². The Morgan fingerprint density at radius 3 is 2.54 bits per heavy atom. The lowest BCUT2D eigenvalue weighted by Gasteiger charge is -2.13. The number of nitrogens with zero attached hydrogens (tertiary/aromatic N) is 1. The summed E-state index contributed by atoms with van der Waals surface area (Å²) in [5, 5.41) is 5.26. The van der Waals surface area contributed by atoms with Gasteiger partial charge in [0.15, 0.2) is 11.5 Å². The van der Waals surface area contributed by atoms with Crippen LogP contribution in [0.15, 0.2) is 23.6 Å². The van der Waals surface area contributed by atoms with E-state index in [9.17, 15) is 4.79 Å². The lowest BCUT2D eigenvalue weighted by Crippen LogP contribution is -2.13. The molecule has 24 heavy (non-hydrogen) atoms. The molecule has 2 aromatic rings. The van der Waals surface area contributed by atoms with Gasteiger partial charge in [0.1, 0.15) is 10.7 Å². The maximum Gasteiger partial charge on any atom is 0.275 e. The second-order valence-electron chi connectivity index (χ2n) is 5.14. The highest BCUT2D eigenvalue weighted by Crippen LogP contribution is 2.31. The predicted octanol–water partition coefficient (Wildman–Crippen LogP) is 3.43. The average Bonchev–Trinajstić information content (AvgIpc) is 3.08. The first-order valence-corrected chi connectivity index (χ1v) is 8.91. The number of rotatable bonds is 9. The molecular weight excluding hydrogens is 326 g/mol. The van der Waals surface area contributed by atoms with E-state index in [-0.39, 0.29) is 5.91 Å². The highest BCUT2D eigenvalue weighted by Gasteiger charge is 2.13. The zero-order valence-corrected chi connectivity index (χ0v) is 14.8. The minimum atomic E-state index is -0.269. The van der Waals surface area contributed by atoms with E-state index < -0.39 is 0 Å². The number of aromatic nitrogens is 1. The molecule has 0 saturated heterocycles. The SMILES string of the molecule is CCCOc1ccc(NC(=O)c2csc(CN)n2)cc1OCCC. The molecule has 2 rings (SSSR count). The molecule has 1 heterocycles. The van der Waals surface area contributed by atoms with Crippen LogP contribution in [0.3, 0.4) is 0 Å². The van der Waals surface area contributed by atoms with Crippen LogP contribution in [0.25, 0.3) is 0 Å². The smallest absolute Gasteiger partial charge is 0.275 e. The molecule has 0 aliphatic carbocycles. The molecule has 0 atom stereocenters. The fraction of sp³-hybridized carbons (Fsp3) is 0.412. The first-order chi connectivity index (χ1) is 11.7. The van der Waals surface area contributed by atoms with Crippen molar-refractivity contribution in [2.75, 3.05) is 18.5 Å². The van der Waals surface area contributed by atoms with Gasteiger partial charge in [0, 0.05) is 23.7 Å². The minimum absolute atomic E-state index is 0.269. The van der Waals surface area contributed by atoms with Gasteiger partial charge >= 0.3 is 0 Å². The molecule has 0 fully saturated rings. The van der Waals surface area contributed by atoms with Gasteiger partial charge in [-0.25, -0.2) is 4.98 Å². The van der Waals surface area contributed by atoms with Gasteiger partial charge < -0.3 is 20.5 Å². The van der Waals surface area contributed by atoms with Crippen molar-refractivity contribution in [3.05, 3.63) is 34.3 Å². The van der Waals surface area contributed by atoms with Crippen molar-refractivity contribution in [1.29, 1.82) is 0 Å². The fourth-order valence-electron chi connectivity index (χ4n) is 1.95. The maximum absolute atomic E-state index is 12.2. The molecular formula is C17H23N3O3S. The van der Waals surface area contributed by atoms with Gasteiger partial charge in [-0.15, -0.1) is 11.3 Å². The third-order valence-corrected chi connectivity index (χ3v) is 3.96. The first kappa shape index (κ1) is 18.2. The van der Waals surface area contributed by atoms with Gasteiger partial charge in [0.25, 0.3) is 5.91 Å². The molecule has 3 N–H and O–H groups in total. The van der Waals surface area contributed by atoms with E-state index in [1.54, 1.807) is 17.5 Å². The van der Waals surface area contributed by atoms with E-state index >= 15 is 0 Å². The van der Waals surface area contributed by atoms with Crippen LogP contribution in [-0.4, -0.2) is 24.1 Å². The lowest BCUT2D eigenvalue weighted by atomic mass is 10.2. The van der Waals surface area contributed by atoms with Gasteiger partial charge in [-0.3, -0.25) is 4.79 Å². The Kier molecular flexibility index (Phi) is 7.02. The molecule has 1 amide bonds. The molecule has 0 unspecified atom stereocenters. The Labute approximate surface area is 146 Å². The first-order valence-electron chi connectivity index (χ1n) is 8.03. The fourth-order valence-corrected chi connectivity index (χ4v) is 2.60. The van der Waals surface area contributed by atoms with Crippen molar-refractivity contribution in [3.63, 3.8) is 0 Å². The Bertz CT molecular complexity index is 673. The Hall–Kier alpha value is -2.12. The number of hydrogen-bond donors (Lipinski definition) is 2. The third-order valence-electron chi connectivity index (χ3n) is 3.08. The van der Waals surface area contributed by atoms with Crippen LogP contribution in [0.1, 0.15) is 42.2 Å². The normalized spacial score (nSPS) is 10.5. The van der Waals surface area contributed by atoms with Gasteiger partial charge in [-0.2, -0.15) is 0 Å². The number of ether oxygens (including phenoxy) is 2. The van der Waals surface area contributed by atoms with Crippen LogP contribution >= 0.6 is 11.3 Å². The quantitative estimate of drug-likeness (QED) is 0.724. The Morgan fingerprint density at radius 2 is 1.92 bits per heavy atom. The van der Waals surface area contributed by atoms with E-state index in [1.165, 1.54) is 11.3 Å². The summed E-state index contributed by atoms with van der Waals surface area (Å²) in [5.74, 6) is 1.04. The van der Waals surface area contributed by atoms with Crippen molar-refractivity contribution < 1.29 is 14.3 Å². The molecule has 0 radical (unpaired) electrons. The van der Waals surface area contributed by atoms with E-state index in [1.807, 2.05) is 19.9 Å². The van der Waals surface area contributed by atoms with E-state index in [0.717, 1.165) is 17.8 Å². The van der Waals surface area contributed by atoms with Crippen LogP contribution in [0.4, 0.5) is 5.69 Å². The van der Waals surface area contributed by atoms with Crippen molar-refractivity contribution in [1.82, 2.24) is 4.98 Å². The van der Waals surface area contributed by atoms with Gasteiger partial charge in [-0.1, -0.05) is 13.8 Å². The number of thiazole rings is 1. The van der Waals surface area contributed by atoms with Crippen LogP contribution in [-0.2, 0) is 6.54 Å². The second kappa shape index (κ2) is 9.24. The Balaban J connectivity index is 2.12. The topological polar surface area (TPSA) is 86.5 Å². The number of hydrogen-bond acceptors (Lipinski definition) is 6. The number of nitrogens with two attached hydrogens (primary N) is 1. The summed E-state index contributed by atoms with van der Waals surface area (Å²) in [6, 6.07) is 5.37. The molecule has 0 bridgehead atoms. The number of carbonyl (C=O) groups is 1. The molecule has 130 valence electrons. The lowest BCUT2D eigenvalue weighted by molar-refractivity contribution is 0.102. The van der Waals surface area contributed by atoms with Gasteiger partial charge in [-0.05, 0) is 25.0 Å². The number of carbonyl (C=O) groups excluding carboxylic acids is 1. The molecule has 0 aliphatic rings. The monoisotopic (exact) mass is 349 g/mol. The maximum atomic E-state index is 12.2. The number of nitrogens with one attached hydrogen (secondary N) is 1. The van der Waals surface area contributed by atoms with Crippen LogP contribution in [0.5, 0.6) is 11.5 Å². The van der Waals surface area contributed by atoms with E-state index in [4.69, 9.17) is 15.2 Å². The van der Waals surface area contributed by atoms with Crippen molar-refractivity contribution in [2.45, 2.75) is 33.2 Å². The molecule has 6 nitrogen and oxygen atoms in total. The third kappa shape index (κ3) is 4.94. The van der Waals surface area contributed by atoms with E-state index in [2.05, 4.69) is 10.3 Å². The van der Waals surface area contributed by atoms with Crippen molar-refractivity contribution >= 4 is 22.9 Å². The van der Waals surface area contributed by atoms with Crippen LogP contribution in [0, 0.1) is 0 Å². The summed E-state index contributed by atoms with van der Waals surface area (Å²) in [7, 11) is 0. The van der Waals surface area contributed by atoms with Gasteiger partial charge in [0.2, 0.25) is 0 Å². The Morgan fingerprint density at radius 1 is 1.21 bits per heavy atom. The summed E-state index contributed by atoms with van der Waals surface area (Å²) < 4.78 is 11.4. The minimum Gasteiger partial charge on any atom is -0.490 e. The summed E-state index contributed by atoms with van der Waals surface area (Å²) in [6.45, 7) is 5.62. The molecule has 0 saturated carbocycles. The largest absolute Gasteiger partial charge is 0.490 e. The van der Waals surface area contributed by atoms with Crippen molar-refractivity contribution in [3.8, 4) is 11.5 Å². The number of anilines is 1. The highest BCUT2D eigenvalue weighted by atomic mass is 32.1. The standard InChI is InChI=1S/C17H23N3O3S/c1-3-7-22-14-6-5-12(9-15(14)23-8-4-2)19-17(21)13-11-24-16(10-18)20-13/h5-6,9,11H,3-4,7-8,10,18H2,1-2H3,(H,19,21). The van der Waals surface area contributed by atoms with E-state index in [0.29, 0.717) is 42.6 Å². The second-order valence-corrected chi connectivity index (χ2v) is 6.09. The summed E-state index contributed by atoms with van der Waals surface area (Å²) >= 11 is 1.37. The summed E-state index contributed by atoms with van der Waals surface area (Å²) in [4.78, 5) is 16.4. The summed E-state index contributed by atoms with van der Waals surface area (Å²) in [5.41, 5.74) is 6.52. The molecule has 7 heteroatoms. The zero-order valence-electron chi connectivity index (χ0n) is 14.0. The highest BCUT2D eigenvalue weighted by molar-refractivity contribution is 7.09. The predicted molar refractivity (Wildman–Crippen MR) is 96.0 cm³/mol. The molecule has 0 aliphatic heterocycles. The number of amides is 1. The van der Waals surface area contributed by atoms with Gasteiger partial charge in [0.05, 0.1) is 13.2 Å². The summed E-state index contributed by atoms with van der Waals surface area (Å²) in [6.07, 6.45) is 1.81. The molecule has 0 spiro atoms. The molecule has 1 aromatic heterocycles.